The molecule has 0 spiro atoms. The summed E-state index contributed by atoms with van der Waals surface area (Å²) >= 11 is 11.8. The molecule has 2 amide bonds. The first-order valence-electron chi connectivity index (χ1n) is 8.49. The van der Waals surface area contributed by atoms with Gasteiger partial charge in [-0.2, -0.15) is 0 Å². The summed E-state index contributed by atoms with van der Waals surface area (Å²) in [5.41, 5.74) is 0.776. The second-order valence-electron chi connectivity index (χ2n) is 6.23. The van der Waals surface area contributed by atoms with Crippen LogP contribution in [0.3, 0.4) is 0 Å². The Labute approximate surface area is 168 Å². The van der Waals surface area contributed by atoms with Crippen LogP contribution in [-0.4, -0.2) is 32.4 Å². The third kappa shape index (κ3) is 5.06. The van der Waals surface area contributed by atoms with E-state index >= 15 is 0 Å². The molecule has 0 saturated carbocycles. The van der Waals surface area contributed by atoms with Gasteiger partial charge in [0.25, 0.3) is 10.0 Å². The van der Waals surface area contributed by atoms with Crippen LogP contribution in [0.4, 0.5) is 16.2 Å². The molecule has 1 saturated heterocycles. The van der Waals surface area contributed by atoms with Crippen molar-refractivity contribution in [1.29, 1.82) is 0 Å². The lowest BCUT2D eigenvalue weighted by Gasteiger charge is -2.26. The zero-order valence-electron chi connectivity index (χ0n) is 14.4. The van der Waals surface area contributed by atoms with Crippen molar-refractivity contribution in [3.05, 3.63) is 52.5 Å². The number of sulfonamides is 1. The Balaban J connectivity index is 1.69. The van der Waals surface area contributed by atoms with E-state index in [4.69, 9.17) is 23.2 Å². The van der Waals surface area contributed by atoms with Crippen LogP contribution in [-0.2, 0) is 10.0 Å². The van der Waals surface area contributed by atoms with Gasteiger partial charge in [-0.05, 0) is 61.7 Å². The van der Waals surface area contributed by atoms with Crippen molar-refractivity contribution in [3.8, 4) is 0 Å². The maximum absolute atomic E-state index is 12.5. The van der Waals surface area contributed by atoms with E-state index in [2.05, 4.69) is 10.0 Å². The SMILES string of the molecule is O=C(Nc1ccc(S(=O)(=O)Nc2ccc(Cl)cc2Cl)cc1)N1CCCCC1. The van der Waals surface area contributed by atoms with Crippen LogP contribution in [0.1, 0.15) is 19.3 Å². The first-order valence-corrected chi connectivity index (χ1v) is 10.7. The molecule has 2 N–H and O–H groups in total. The summed E-state index contributed by atoms with van der Waals surface area (Å²) in [5, 5.41) is 3.41. The van der Waals surface area contributed by atoms with Gasteiger partial charge in [0.15, 0.2) is 0 Å². The van der Waals surface area contributed by atoms with Gasteiger partial charge in [-0.15, -0.1) is 0 Å². The molecule has 0 bridgehead atoms. The number of benzene rings is 2. The van der Waals surface area contributed by atoms with Gasteiger partial charge in [-0.3, -0.25) is 4.72 Å². The third-order valence-electron chi connectivity index (χ3n) is 4.23. The summed E-state index contributed by atoms with van der Waals surface area (Å²) in [5.74, 6) is 0. The highest BCUT2D eigenvalue weighted by Crippen LogP contribution is 2.28. The Hall–Kier alpha value is -1.96. The summed E-state index contributed by atoms with van der Waals surface area (Å²) in [6.07, 6.45) is 3.15. The highest BCUT2D eigenvalue weighted by atomic mass is 35.5. The first-order chi connectivity index (χ1) is 12.8. The number of piperidine rings is 1. The number of nitrogens with zero attached hydrogens (tertiary/aromatic N) is 1. The summed E-state index contributed by atoms with van der Waals surface area (Å²) in [6.45, 7) is 1.48. The van der Waals surface area contributed by atoms with Crippen LogP contribution in [0.25, 0.3) is 0 Å². The van der Waals surface area contributed by atoms with Crippen LogP contribution in [0.15, 0.2) is 47.4 Å². The molecule has 0 radical (unpaired) electrons. The Morgan fingerprint density at radius 1 is 0.963 bits per heavy atom. The number of hydrogen-bond donors (Lipinski definition) is 2. The van der Waals surface area contributed by atoms with Crippen molar-refractivity contribution in [2.24, 2.45) is 0 Å². The number of rotatable bonds is 4. The molecular weight excluding hydrogens is 409 g/mol. The Morgan fingerprint density at radius 2 is 1.63 bits per heavy atom. The van der Waals surface area contributed by atoms with E-state index in [1.54, 1.807) is 23.1 Å². The number of anilines is 2. The van der Waals surface area contributed by atoms with E-state index in [0.29, 0.717) is 10.7 Å². The molecule has 0 unspecified atom stereocenters. The lowest BCUT2D eigenvalue weighted by molar-refractivity contribution is 0.200. The molecule has 2 aromatic carbocycles. The molecule has 0 aliphatic carbocycles. The van der Waals surface area contributed by atoms with Gasteiger partial charge in [0, 0.05) is 23.8 Å². The molecular formula is C18H19Cl2N3O3S. The second kappa shape index (κ2) is 8.37. The van der Waals surface area contributed by atoms with Crippen molar-refractivity contribution < 1.29 is 13.2 Å². The van der Waals surface area contributed by atoms with Gasteiger partial charge in [-0.1, -0.05) is 23.2 Å². The normalized spacial score (nSPS) is 14.7. The average molecular weight is 428 g/mol. The first kappa shape index (κ1) is 19.8. The number of halogens is 2. The monoisotopic (exact) mass is 427 g/mol. The minimum absolute atomic E-state index is 0.0597. The van der Waals surface area contributed by atoms with Crippen molar-refractivity contribution in [3.63, 3.8) is 0 Å². The summed E-state index contributed by atoms with van der Waals surface area (Å²) in [7, 11) is -3.82. The smallest absolute Gasteiger partial charge is 0.321 e. The summed E-state index contributed by atoms with van der Waals surface area (Å²) in [6, 6.07) is 10.3. The number of amides is 2. The fourth-order valence-corrected chi connectivity index (χ4v) is 4.38. The van der Waals surface area contributed by atoms with Gasteiger partial charge in [0.2, 0.25) is 0 Å². The van der Waals surface area contributed by atoms with Crippen molar-refractivity contribution in [1.82, 2.24) is 4.90 Å². The van der Waals surface area contributed by atoms with Crippen LogP contribution >= 0.6 is 23.2 Å². The quantitative estimate of drug-likeness (QED) is 0.734. The van der Waals surface area contributed by atoms with Gasteiger partial charge >= 0.3 is 6.03 Å². The van der Waals surface area contributed by atoms with Crippen LogP contribution in [0, 0.1) is 0 Å². The summed E-state index contributed by atoms with van der Waals surface area (Å²) < 4.78 is 27.5. The lowest BCUT2D eigenvalue weighted by Crippen LogP contribution is -2.38. The molecule has 1 aliphatic rings. The molecule has 1 heterocycles. The molecule has 0 aromatic heterocycles. The summed E-state index contributed by atoms with van der Waals surface area (Å²) in [4.78, 5) is 14.0. The van der Waals surface area contributed by atoms with Crippen LogP contribution in [0.2, 0.25) is 10.0 Å². The molecule has 3 rings (SSSR count). The topological polar surface area (TPSA) is 78.5 Å². The van der Waals surface area contributed by atoms with E-state index < -0.39 is 10.0 Å². The average Bonchev–Trinajstić information content (AvgIpc) is 2.65. The Morgan fingerprint density at radius 3 is 2.26 bits per heavy atom. The van der Waals surface area contributed by atoms with Crippen molar-refractivity contribution >= 4 is 50.6 Å². The molecule has 1 fully saturated rings. The number of carbonyl (C=O) groups is 1. The molecule has 2 aromatic rings. The van der Waals surface area contributed by atoms with Crippen LogP contribution in [0.5, 0.6) is 0 Å². The number of hydrogen-bond acceptors (Lipinski definition) is 3. The minimum atomic E-state index is -3.82. The molecule has 27 heavy (non-hydrogen) atoms. The Bertz CT molecular complexity index is 927. The maximum atomic E-state index is 12.5. The minimum Gasteiger partial charge on any atom is -0.325 e. The largest absolute Gasteiger partial charge is 0.325 e. The Kier molecular flexibility index (Phi) is 6.14. The second-order valence-corrected chi connectivity index (χ2v) is 8.76. The highest BCUT2D eigenvalue weighted by Gasteiger charge is 2.18. The van der Waals surface area contributed by atoms with Gasteiger partial charge in [0.1, 0.15) is 0 Å². The standard InChI is InChI=1S/C18H19Cl2N3O3S/c19-13-4-9-17(16(20)12-13)22-27(25,26)15-7-5-14(6-8-15)21-18(24)23-10-2-1-3-11-23/h4-9,12,22H,1-3,10-11H2,(H,21,24). The number of nitrogens with one attached hydrogen (secondary N) is 2. The van der Waals surface area contributed by atoms with Crippen molar-refractivity contribution in [2.75, 3.05) is 23.1 Å². The molecule has 0 atom stereocenters. The maximum Gasteiger partial charge on any atom is 0.321 e. The van der Waals surface area contributed by atoms with E-state index in [9.17, 15) is 13.2 Å². The molecule has 9 heteroatoms. The van der Waals surface area contributed by atoms with Gasteiger partial charge in [0.05, 0.1) is 15.6 Å². The van der Waals surface area contributed by atoms with E-state index in [0.717, 1.165) is 32.4 Å². The fraction of sp³-hybridized carbons (Fsp3) is 0.278. The highest BCUT2D eigenvalue weighted by molar-refractivity contribution is 7.92. The van der Waals surface area contributed by atoms with E-state index in [-0.39, 0.29) is 21.6 Å². The molecule has 1 aliphatic heterocycles. The van der Waals surface area contributed by atoms with E-state index in [1.165, 1.54) is 24.3 Å². The number of likely N-dealkylation sites (tertiary alicyclic amines) is 1. The fourth-order valence-electron chi connectivity index (χ4n) is 2.79. The number of urea groups is 1. The van der Waals surface area contributed by atoms with Crippen molar-refractivity contribution in [2.45, 2.75) is 24.2 Å². The molecule has 144 valence electrons. The van der Waals surface area contributed by atoms with Gasteiger partial charge in [-0.25, -0.2) is 13.2 Å². The van der Waals surface area contributed by atoms with E-state index in [1.807, 2.05) is 0 Å². The van der Waals surface area contributed by atoms with Gasteiger partial charge < -0.3 is 10.2 Å². The lowest BCUT2D eigenvalue weighted by atomic mass is 10.1. The predicted octanol–water partition coefficient (Wildman–Crippen LogP) is 4.81. The van der Waals surface area contributed by atoms with Crippen LogP contribution < -0.4 is 10.0 Å². The predicted molar refractivity (Wildman–Crippen MR) is 108 cm³/mol. The zero-order valence-corrected chi connectivity index (χ0v) is 16.7. The number of carbonyl (C=O) groups excluding carboxylic acids is 1. The zero-order chi connectivity index (χ0) is 19.4. The molecule has 6 nitrogen and oxygen atoms in total. The third-order valence-corrected chi connectivity index (χ3v) is 6.16.